The van der Waals surface area contributed by atoms with Crippen LogP contribution in [0.15, 0.2) is 42.5 Å². The van der Waals surface area contributed by atoms with E-state index in [0.29, 0.717) is 23.6 Å². The summed E-state index contributed by atoms with van der Waals surface area (Å²) in [6, 6.07) is 12.8. The van der Waals surface area contributed by atoms with Crippen molar-refractivity contribution in [3.8, 4) is 17.2 Å². The summed E-state index contributed by atoms with van der Waals surface area (Å²) in [6.45, 7) is 0.625. The molecule has 0 unspecified atom stereocenters. The van der Waals surface area contributed by atoms with Crippen LogP contribution in [-0.2, 0) is 11.2 Å². The van der Waals surface area contributed by atoms with Gasteiger partial charge in [0.05, 0.1) is 13.7 Å². The number of methoxy groups -OCH3 is 1. The van der Waals surface area contributed by atoms with Crippen molar-refractivity contribution in [1.29, 1.82) is 0 Å². The molecule has 0 fully saturated rings. The van der Waals surface area contributed by atoms with Crippen molar-refractivity contribution in [3.63, 3.8) is 0 Å². The summed E-state index contributed by atoms with van der Waals surface area (Å²) in [5, 5.41) is 5.40. The molecule has 0 bridgehead atoms. The van der Waals surface area contributed by atoms with Crippen molar-refractivity contribution < 1.29 is 23.8 Å². The standard InChI is InChI=1S/C20H22N2O5/c1-25-16-7-4-14(5-8-16)3-2-10-21-19(23)12-22-20(24)15-6-9-17-18(11-15)27-13-26-17/h4-9,11H,2-3,10,12-13H2,1H3,(H,21,23)(H,22,24). The second kappa shape index (κ2) is 8.93. The number of hydrogen-bond donors (Lipinski definition) is 2. The summed E-state index contributed by atoms with van der Waals surface area (Å²) in [4.78, 5) is 24.0. The van der Waals surface area contributed by atoms with Gasteiger partial charge in [-0.05, 0) is 48.7 Å². The number of aryl methyl sites for hydroxylation is 1. The molecule has 2 aromatic rings. The zero-order valence-corrected chi connectivity index (χ0v) is 15.1. The third kappa shape index (κ3) is 5.13. The first kappa shape index (κ1) is 18.6. The third-order valence-electron chi connectivity index (χ3n) is 4.17. The van der Waals surface area contributed by atoms with E-state index in [1.54, 1.807) is 25.3 Å². The molecule has 1 heterocycles. The lowest BCUT2D eigenvalue weighted by Crippen LogP contribution is -2.37. The van der Waals surface area contributed by atoms with Crippen LogP contribution in [0.4, 0.5) is 0 Å². The molecule has 0 spiro atoms. The topological polar surface area (TPSA) is 85.9 Å². The van der Waals surface area contributed by atoms with Gasteiger partial charge in [0.2, 0.25) is 12.7 Å². The fraction of sp³-hybridized carbons (Fsp3) is 0.300. The van der Waals surface area contributed by atoms with E-state index >= 15 is 0 Å². The number of nitrogens with one attached hydrogen (secondary N) is 2. The maximum absolute atomic E-state index is 12.1. The van der Waals surface area contributed by atoms with Crippen molar-refractivity contribution in [2.24, 2.45) is 0 Å². The van der Waals surface area contributed by atoms with E-state index in [2.05, 4.69) is 10.6 Å². The van der Waals surface area contributed by atoms with Gasteiger partial charge in [-0.2, -0.15) is 0 Å². The molecule has 2 amide bonds. The van der Waals surface area contributed by atoms with Gasteiger partial charge in [-0.15, -0.1) is 0 Å². The quantitative estimate of drug-likeness (QED) is 0.693. The number of rotatable bonds is 8. The van der Waals surface area contributed by atoms with Gasteiger partial charge in [0.25, 0.3) is 5.91 Å². The van der Waals surface area contributed by atoms with E-state index in [1.807, 2.05) is 24.3 Å². The molecule has 7 nitrogen and oxygen atoms in total. The Labute approximate surface area is 157 Å². The smallest absolute Gasteiger partial charge is 0.251 e. The van der Waals surface area contributed by atoms with Gasteiger partial charge in [0, 0.05) is 12.1 Å². The van der Waals surface area contributed by atoms with E-state index in [9.17, 15) is 9.59 Å². The van der Waals surface area contributed by atoms with Crippen molar-refractivity contribution in [1.82, 2.24) is 10.6 Å². The average molecular weight is 370 g/mol. The highest BCUT2D eigenvalue weighted by molar-refractivity contribution is 5.97. The Hall–Kier alpha value is -3.22. The molecule has 3 rings (SSSR count). The molecule has 2 aromatic carbocycles. The van der Waals surface area contributed by atoms with Gasteiger partial charge in [-0.3, -0.25) is 9.59 Å². The third-order valence-corrected chi connectivity index (χ3v) is 4.17. The van der Waals surface area contributed by atoms with Crippen LogP contribution < -0.4 is 24.8 Å². The maximum atomic E-state index is 12.1. The molecule has 0 saturated heterocycles. The number of carbonyl (C=O) groups excluding carboxylic acids is 2. The Bertz CT molecular complexity index is 805. The monoisotopic (exact) mass is 370 g/mol. The number of ether oxygens (including phenoxy) is 3. The summed E-state index contributed by atoms with van der Waals surface area (Å²) in [6.07, 6.45) is 1.67. The molecule has 0 aliphatic carbocycles. The lowest BCUT2D eigenvalue weighted by molar-refractivity contribution is -0.120. The molecule has 0 saturated carbocycles. The Balaban J connectivity index is 1.35. The van der Waals surface area contributed by atoms with Crippen LogP contribution in [0.5, 0.6) is 17.2 Å². The number of carbonyl (C=O) groups is 2. The first-order chi connectivity index (χ1) is 13.2. The molecular weight excluding hydrogens is 348 g/mol. The minimum Gasteiger partial charge on any atom is -0.497 e. The van der Waals surface area contributed by atoms with Crippen molar-refractivity contribution in [2.75, 3.05) is 27.0 Å². The Kier molecular flexibility index (Phi) is 6.14. The van der Waals surface area contributed by atoms with Gasteiger partial charge in [-0.1, -0.05) is 12.1 Å². The molecule has 0 radical (unpaired) electrons. The normalized spacial score (nSPS) is 11.7. The zero-order valence-electron chi connectivity index (χ0n) is 15.1. The second-order valence-corrected chi connectivity index (χ2v) is 6.05. The summed E-state index contributed by atoms with van der Waals surface area (Å²) >= 11 is 0. The van der Waals surface area contributed by atoms with Crippen LogP contribution in [0.3, 0.4) is 0 Å². The molecule has 1 aliphatic heterocycles. The Morgan fingerprint density at radius 3 is 2.59 bits per heavy atom. The minimum atomic E-state index is -0.332. The van der Waals surface area contributed by atoms with Crippen molar-refractivity contribution in [3.05, 3.63) is 53.6 Å². The number of fused-ring (bicyclic) bond motifs is 1. The molecule has 7 heteroatoms. The maximum Gasteiger partial charge on any atom is 0.251 e. The fourth-order valence-electron chi connectivity index (χ4n) is 2.68. The van der Waals surface area contributed by atoms with Crippen molar-refractivity contribution in [2.45, 2.75) is 12.8 Å². The van der Waals surface area contributed by atoms with Gasteiger partial charge >= 0.3 is 0 Å². The number of hydrogen-bond acceptors (Lipinski definition) is 5. The summed E-state index contributed by atoms with van der Waals surface area (Å²) in [5.41, 5.74) is 1.60. The average Bonchev–Trinajstić information content (AvgIpc) is 3.17. The lowest BCUT2D eigenvalue weighted by atomic mass is 10.1. The zero-order chi connectivity index (χ0) is 19.1. The van der Waals surface area contributed by atoms with Gasteiger partial charge in [-0.25, -0.2) is 0 Å². The van der Waals surface area contributed by atoms with E-state index in [-0.39, 0.29) is 25.2 Å². The van der Waals surface area contributed by atoms with Crippen LogP contribution in [0.2, 0.25) is 0 Å². The first-order valence-corrected chi connectivity index (χ1v) is 8.73. The molecule has 142 valence electrons. The number of benzene rings is 2. The Morgan fingerprint density at radius 1 is 1.04 bits per heavy atom. The van der Waals surface area contributed by atoms with E-state index in [4.69, 9.17) is 14.2 Å². The highest BCUT2D eigenvalue weighted by Crippen LogP contribution is 2.32. The second-order valence-electron chi connectivity index (χ2n) is 6.05. The predicted molar refractivity (Wildman–Crippen MR) is 99.2 cm³/mol. The summed E-state index contributed by atoms with van der Waals surface area (Å²) in [5.74, 6) is 1.41. The molecular formula is C20H22N2O5. The van der Waals surface area contributed by atoms with E-state index < -0.39 is 0 Å². The van der Waals surface area contributed by atoms with Gasteiger partial charge < -0.3 is 24.8 Å². The number of amides is 2. The van der Waals surface area contributed by atoms with Crippen LogP contribution >= 0.6 is 0 Å². The molecule has 0 atom stereocenters. The van der Waals surface area contributed by atoms with Crippen LogP contribution in [-0.4, -0.2) is 38.8 Å². The van der Waals surface area contributed by atoms with Gasteiger partial charge in [0.15, 0.2) is 11.5 Å². The molecule has 1 aliphatic rings. The fourth-order valence-corrected chi connectivity index (χ4v) is 2.68. The summed E-state index contributed by atoms with van der Waals surface area (Å²) < 4.78 is 15.6. The van der Waals surface area contributed by atoms with Crippen LogP contribution in [0, 0.1) is 0 Å². The van der Waals surface area contributed by atoms with Gasteiger partial charge in [0.1, 0.15) is 5.75 Å². The lowest BCUT2D eigenvalue weighted by Gasteiger charge is -2.08. The highest BCUT2D eigenvalue weighted by atomic mass is 16.7. The van der Waals surface area contributed by atoms with Crippen LogP contribution in [0.25, 0.3) is 0 Å². The highest BCUT2D eigenvalue weighted by Gasteiger charge is 2.16. The predicted octanol–water partition coefficient (Wildman–Crippen LogP) is 1.90. The summed E-state index contributed by atoms with van der Waals surface area (Å²) in [7, 11) is 1.63. The molecule has 0 aromatic heterocycles. The first-order valence-electron chi connectivity index (χ1n) is 8.73. The van der Waals surface area contributed by atoms with E-state index in [1.165, 1.54) is 5.56 Å². The Morgan fingerprint density at radius 2 is 1.81 bits per heavy atom. The van der Waals surface area contributed by atoms with E-state index in [0.717, 1.165) is 18.6 Å². The molecule has 27 heavy (non-hydrogen) atoms. The molecule has 2 N–H and O–H groups in total. The SMILES string of the molecule is COc1ccc(CCCNC(=O)CNC(=O)c2ccc3c(c2)OCO3)cc1. The largest absolute Gasteiger partial charge is 0.497 e. The minimum absolute atomic E-state index is 0.0736. The van der Waals surface area contributed by atoms with Crippen molar-refractivity contribution >= 4 is 11.8 Å². The van der Waals surface area contributed by atoms with Crippen LogP contribution in [0.1, 0.15) is 22.3 Å².